The number of ether oxygens (including phenoxy) is 1. The number of phosphoric acid groups is 1. The molecule has 0 aliphatic heterocycles. The number of esters is 1. The van der Waals surface area contributed by atoms with Crippen LogP contribution in [0.1, 0.15) is 136 Å². The minimum Gasteiger partial charge on any atom is -0.480 e. The molecule has 12 heteroatoms. The van der Waals surface area contributed by atoms with Crippen molar-refractivity contribution in [1.82, 2.24) is 5.32 Å². The van der Waals surface area contributed by atoms with Gasteiger partial charge >= 0.3 is 19.8 Å². The number of carbonyl (C=O) groups excluding carboxylic acids is 2. The first-order valence-corrected chi connectivity index (χ1v) is 17.1. The third kappa shape index (κ3) is 25.9. The average molecular weight is 610 g/mol. The fourth-order valence-corrected chi connectivity index (χ4v) is 4.91. The van der Waals surface area contributed by atoms with Gasteiger partial charge in [0.1, 0.15) is 12.7 Å². The van der Waals surface area contributed by atoms with Crippen molar-refractivity contribution >= 4 is 25.7 Å². The van der Waals surface area contributed by atoms with E-state index in [1.165, 1.54) is 57.8 Å². The van der Waals surface area contributed by atoms with Crippen LogP contribution in [0, 0.1) is 0 Å². The fourth-order valence-electron chi connectivity index (χ4n) is 4.14. The Morgan fingerprint density at radius 3 is 1.63 bits per heavy atom. The van der Waals surface area contributed by atoms with E-state index < -0.39 is 57.6 Å². The Balaban J connectivity index is 3.93. The second kappa shape index (κ2) is 26.1. The van der Waals surface area contributed by atoms with Gasteiger partial charge in [0.05, 0.1) is 13.2 Å². The number of amides is 1. The van der Waals surface area contributed by atoms with Gasteiger partial charge in [0.2, 0.25) is 5.91 Å². The number of carbonyl (C=O) groups is 3. The van der Waals surface area contributed by atoms with Crippen LogP contribution in [0.3, 0.4) is 0 Å². The lowest BCUT2D eigenvalue weighted by atomic mass is 10.0. The third-order valence-electron chi connectivity index (χ3n) is 6.65. The van der Waals surface area contributed by atoms with E-state index in [9.17, 15) is 34.1 Å². The fraction of sp³-hybridized carbons (Fsp3) is 0.897. The summed E-state index contributed by atoms with van der Waals surface area (Å²) in [5.41, 5.74) is 0. The van der Waals surface area contributed by atoms with Crippen LogP contribution in [0.4, 0.5) is 0 Å². The SMILES string of the molecule is CCCCCCCCCCCCCCCC(=O)OCC(O)COP(=O)(O)OCC(NC(=O)CCCCCC)C(=O)O. The third-order valence-corrected chi connectivity index (χ3v) is 7.60. The maximum absolute atomic E-state index is 12.0. The van der Waals surface area contributed by atoms with Gasteiger partial charge in [-0.15, -0.1) is 0 Å². The lowest BCUT2D eigenvalue weighted by Crippen LogP contribution is -2.43. The van der Waals surface area contributed by atoms with Gasteiger partial charge in [-0.05, 0) is 12.8 Å². The molecule has 3 atom stereocenters. The normalized spacial score (nSPS) is 14.2. The Morgan fingerprint density at radius 2 is 1.12 bits per heavy atom. The van der Waals surface area contributed by atoms with Crippen molar-refractivity contribution in [3.8, 4) is 0 Å². The summed E-state index contributed by atoms with van der Waals surface area (Å²) in [5, 5.41) is 21.4. The van der Waals surface area contributed by atoms with E-state index in [4.69, 9.17) is 4.74 Å². The number of aliphatic hydroxyl groups is 1. The van der Waals surface area contributed by atoms with Crippen molar-refractivity contribution in [2.75, 3.05) is 19.8 Å². The summed E-state index contributed by atoms with van der Waals surface area (Å²) in [5.74, 6) is -2.39. The summed E-state index contributed by atoms with van der Waals surface area (Å²) in [6, 6.07) is -1.53. The van der Waals surface area contributed by atoms with Gasteiger partial charge in [-0.25, -0.2) is 9.36 Å². The molecule has 0 saturated carbocycles. The first kappa shape index (κ1) is 39.5. The van der Waals surface area contributed by atoms with Crippen LogP contribution in [0.2, 0.25) is 0 Å². The molecule has 242 valence electrons. The van der Waals surface area contributed by atoms with E-state index in [0.717, 1.165) is 38.5 Å². The van der Waals surface area contributed by atoms with Gasteiger partial charge in [-0.3, -0.25) is 18.6 Å². The number of aliphatic hydroxyl groups excluding tert-OH is 1. The summed E-state index contributed by atoms with van der Waals surface area (Å²) in [4.78, 5) is 44.9. The van der Waals surface area contributed by atoms with E-state index in [0.29, 0.717) is 12.8 Å². The van der Waals surface area contributed by atoms with Crippen LogP contribution in [-0.2, 0) is 32.7 Å². The molecular weight excluding hydrogens is 553 g/mol. The number of carboxylic acid groups (broad SMARTS) is 1. The standard InChI is InChI=1S/C29H56NO10P/c1-3-5-7-9-10-11-12-13-14-15-16-17-19-21-28(33)38-22-25(31)23-39-41(36,37)40-24-26(29(34)35)30-27(32)20-18-8-6-4-2/h25-26,31H,3-24H2,1-2H3,(H,30,32)(H,34,35)(H,36,37). The molecule has 0 spiro atoms. The Kier molecular flexibility index (Phi) is 25.2. The van der Waals surface area contributed by atoms with Crippen molar-refractivity contribution in [3.63, 3.8) is 0 Å². The maximum atomic E-state index is 12.0. The molecule has 1 amide bonds. The molecule has 0 fully saturated rings. The minimum absolute atomic E-state index is 0.140. The first-order chi connectivity index (χ1) is 19.6. The number of aliphatic carboxylic acids is 1. The molecule has 0 aromatic heterocycles. The van der Waals surface area contributed by atoms with Crippen LogP contribution in [-0.4, -0.2) is 64.9 Å². The highest BCUT2D eigenvalue weighted by Gasteiger charge is 2.28. The Morgan fingerprint density at radius 1 is 0.683 bits per heavy atom. The zero-order valence-corrected chi connectivity index (χ0v) is 26.3. The number of unbranched alkanes of at least 4 members (excludes halogenated alkanes) is 15. The van der Waals surface area contributed by atoms with Gasteiger partial charge in [0.15, 0.2) is 6.04 Å². The monoisotopic (exact) mass is 609 g/mol. The second-order valence-electron chi connectivity index (χ2n) is 10.7. The Bertz CT molecular complexity index is 736. The molecule has 0 bridgehead atoms. The zero-order chi connectivity index (χ0) is 30.8. The summed E-state index contributed by atoms with van der Waals surface area (Å²) in [6.45, 7) is 2.38. The number of hydrogen-bond donors (Lipinski definition) is 4. The number of phosphoric ester groups is 1. The molecule has 0 aromatic carbocycles. The molecule has 11 nitrogen and oxygen atoms in total. The summed E-state index contributed by atoms with van der Waals surface area (Å²) < 4.78 is 26.4. The Labute approximate surface area is 246 Å². The van der Waals surface area contributed by atoms with Crippen molar-refractivity contribution < 1.29 is 47.8 Å². The van der Waals surface area contributed by atoms with E-state index in [1.54, 1.807) is 0 Å². The zero-order valence-electron chi connectivity index (χ0n) is 25.4. The lowest BCUT2D eigenvalue weighted by Gasteiger charge is -2.18. The highest BCUT2D eigenvalue weighted by molar-refractivity contribution is 7.47. The van der Waals surface area contributed by atoms with Gasteiger partial charge < -0.3 is 25.2 Å². The van der Waals surface area contributed by atoms with Gasteiger partial charge in [0.25, 0.3) is 0 Å². The van der Waals surface area contributed by atoms with Crippen molar-refractivity contribution in [2.45, 2.75) is 148 Å². The highest BCUT2D eigenvalue weighted by Crippen LogP contribution is 2.43. The molecule has 0 aliphatic carbocycles. The summed E-state index contributed by atoms with van der Waals surface area (Å²) >= 11 is 0. The van der Waals surface area contributed by atoms with Crippen LogP contribution < -0.4 is 5.32 Å². The quantitative estimate of drug-likeness (QED) is 0.0445. The van der Waals surface area contributed by atoms with Gasteiger partial charge in [0, 0.05) is 12.8 Å². The predicted molar refractivity (Wildman–Crippen MR) is 157 cm³/mol. The van der Waals surface area contributed by atoms with Crippen LogP contribution in [0.5, 0.6) is 0 Å². The van der Waals surface area contributed by atoms with Crippen LogP contribution in [0.15, 0.2) is 0 Å². The first-order valence-electron chi connectivity index (χ1n) is 15.6. The second-order valence-corrected chi connectivity index (χ2v) is 12.1. The molecule has 0 radical (unpaired) electrons. The van der Waals surface area contributed by atoms with Crippen LogP contribution >= 0.6 is 7.82 Å². The molecule has 4 N–H and O–H groups in total. The average Bonchev–Trinajstić information content (AvgIpc) is 2.93. The number of hydrogen-bond acceptors (Lipinski definition) is 8. The molecule has 0 saturated heterocycles. The highest BCUT2D eigenvalue weighted by atomic mass is 31.2. The predicted octanol–water partition coefficient (Wildman–Crippen LogP) is 6.05. The van der Waals surface area contributed by atoms with E-state index >= 15 is 0 Å². The molecule has 3 unspecified atom stereocenters. The number of carboxylic acids is 1. The molecular formula is C29H56NO10P. The number of nitrogens with one attached hydrogen (secondary N) is 1. The van der Waals surface area contributed by atoms with Crippen molar-refractivity contribution in [3.05, 3.63) is 0 Å². The van der Waals surface area contributed by atoms with E-state index in [1.807, 2.05) is 6.92 Å². The largest absolute Gasteiger partial charge is 0.480 e. The van der Waals surface area contributed by atoms with E-state index in [-0.39, 0.29) is 12.8 Å². The van der Waals surface area contributed by atoms with Gasteiger partial charge in [-0.2, -0.15) is 0 Å². The molecule has 0 heterocycles. The van der Waals surface area contributed by atoms with E-state index in [2.05, 4.69) is 21.3 Å². The summed E-state index contributed by atoms with van der Waals surface area (Å²) in [6.07, 6.45) is 18.0. The molecule has 0 aliphatic rings. The smallest absolute Gasteiger partial charge is 0.472 e. The summed E-state index contributed by atoms with van der Waals surface area (Å²) in [7, 11) is -4.72. The van der Waals surface area contributed by atoms with Gasteiger partial charge in [-0.1, -0.05) is 110 Å². The molecule has 0 rings (SSSR count). The molecule has 41 heavy (non-hydrogen) atoms. The Hall–Kier alpha value is -1.52. The lowest BCUT2D eigenvalue weighted by molar-refractivity contribution is -0.147. The topological polar surface area (TPSA) is 169 Å². The van der Waals surface area contributed by atoms with Crippen molar-refractivity contribution in [1.29, 1.82) is 0 Å². The molecule has 0 aromatic rings. The van der Waals surface area contributed by atoms with Crippen LogP contribution in [0.25, 0.3) is 0 Å². The maximum Gasteiger partial charge on any atom is 0.472 e. The number of rotatable bonds is 29. The van der Waals surface area contributed by atoms with Crippen molar-refractivity contribution in [2.24, 2.45) is 0 Å². The minimum atomic E-state index is -4.72.